The predicted octanol–water partition coefficient (Wildman–Crippen LogP) is 2.22. The highest BCUT2D eigenvalue weighted by atomic mass is 16.4. The van der Waals surface area contributed by atoms with E-state index in [1.807, 2.05) is 0 Å². The van der Waals surface area contributed by atoms with E-state index in [0.717, 1.165) is 0 Å². The number of hydrogen-bond acceptors (Lipinski definition) is 4. The molecule has 0 unspecified atom stereocenters. The molecule has 0 radical (unpaired) electrons. The molecule has 6 nitrogen and oxygen atoms in total. The number of fused-ring (bicyclic) bond motifs is 1. The molecule has 1 aromatic carbocycles. The second-order valence-corrected chi connectivity index (χ2v) is 3.86. The molecule has 0 bridgehead atoms. The van der Waals surface area contributed by atoms with Gasteiger partial charge in [0.05, 0.1) is 16.8 Å². The molecule has 0 aliphatic heterocycles. The number of benzene rings is 1. The highest BCUT2D eigenvalue weighted by Crippen LogP contribution is 2.24. The lowest BCUT2D eigenvalue weighted by atomic mass is 10.2. The van der Waals surface area contributed by atoms with Gasteiger partial charge in [-0.15, -0.1) is 0 Å². The number of aromatic amines is 1. The van der Waals surface area contributed by atoms with Gasteiger partial charge in [0.15, 0.2) is 18.0 Å². The van der Waals surface area contributed by atoms with E-state index in [-0.39, 0.29) is 5.56 Å². The first-order valence-electron chi connectivity index (χ1n) is 5.29. The number of carboxylic acids is 1. The zero-order valence-electron chi connectivity index (χ0n) is 9.47. The van der Waals surface area contributed by atoms with Crippen molar-refractivity contribution in [1.82, 2.24) is 15.0 Å². The third kappa shape index (κ3) is 1.46. The number of carbonyl (C=O) groups is 1. The van der Waals surface area contributed by atoms with Crippen molar-refractivity contribution in [2.75, 3.05) is 0 Å². The number of H-pyrrole nitrogens is 1. The van der Waals surface area contributed by atoms with Gasteiger partial charge in [0, 0.05) is 0 Å². The molecule has 0 fully saturated rings. The molecule has 0 atom stereocenters. The van der Waals surface area contributed by atoms with Crippen LogP contribution in [0.1, 0.15) is 16.1 Å². The lowest BCUT2D eigenvalue weighted by Gasteiger charge is -1.93. The molecule has 2 N–H and O–H groups in total. The number of aromatic nitrogens is 3. The standard InChI is InChI=1S/C12H9N3O3/c1-6-10(18-5-13-6)11-14-8-4-2-3-7(12(16)17)9(8)15-11/h2-5H,1H3,(H,14,15)(H,16,17). The fraction of sp³-hybridized carbons (Fsp3) is 0.0833. The Bertz CT molecular complexity index is 742. The molecular weight excluding hydrogens is 234 g/mol. The average molecular weight is 243 g/mol. The second kappa shape index (κ2) is 3.69. The Morgan fingerprint density at radius 3 is 2.94 bits per heavy atom. The Hall–Kier alpha value is -2.63. The molecule has 6 heteroatoms. The molecule has 0 amide bonds. The van der Waals surface area contributed by atoms with Gasteiger partial charge in [-0.25, -0.2) is 14.8 Å². The molecule has 2 aromatic heterocycles. The summed E-state index contributed by atoms with van der Waals surface area (Å²) in [5.41, 5.74) is 1.93. The summed E-state index contributed by atoms with van der Waals surface area (Å²) in [6.07, 6.45) is 1.33. The summed E-state index contributed by atoms with van der Waals surface area (Å²) in [5.74, 6) is -0.0100. The lowest BCUT2D eigenvalue weighted by Crippen LogP contribution is -1.96. The van der Waals surface area contributed by atoms with Crippen molar-refractivity contribution < 1.29 is 14.3 Å². The zero-order valence-corrected chi connectivity index (χ0v) is 9.47. The maximum absolute atomic E-state index is 11.1. The van der Waals surface area contributed by atoms with E-state index in [1.54, 1.807) is 19.1 Å². The molecule has 0 aliphatic carbocycles. The van der Waals surface area contributed by atoms with Crippen LogP contribution in [0.4, 0.5) is 0 Å². The van der Waals surface area contributed by atoms with Gasteiger partial charge in [-0.05, 0) is 19.1 Å². The third-order valence-corrected chi connectivity index (χ3v) is 2.70. The summed E-state index contributed by atoms with van der Waals surface area (Å²) in [4.78, 5) is 22.4. The molecule has 2 heterocycles. The molecule has 90 valence electrons. The zero-order chi connectivity index (χ0) is 12.7. The first kappa shape index (κ1) is 10.5. The summed E-state index contributed by atoms with van der Waals surface area (Å²) < 4.78 is 5.23. The van der Waals surface area contributed by atoms with Gasteiger partial charge in [-0.3, -0.25) is 0 Å². The molecule has 0 spiro atoms. The summed E-state index contributed by atoms with van der Waals surface area (Å²) in [6, 6.07) is 4.95. The number of aromatic carboxylic acids is 1. The Morgan fingerprint density at radius 1 is 1.44 bits per heavy atom. The summed E-state index contributed by atoms with van der Waals surface area (Å²) in [6.45, 7) is 1.80. The quantitative estimate of drug-likeness (QED) is 0.720. The Morgan fingerprint density at radius 2 is 2.28 bits per heavy atom. The van der Waals surface area contributed by atoms with Crippen LogP contribution in [0.2, 0.25) is 0 Å². The number of rotatable bonds is 2. The van der Waals surface area contributed by atoms with Crippen LogP contribution in [0.3, 0.4) is 0 Å². The molecular formula is C12H9N3O3. The highest BCUT2D eigenvalue weighted by molar-refractivity contribution is 6.01. The lowest BCUT2D eigenvalue weighted by molar-refractivity contribution is 0.0699. The number of aryl methyl sites for hydroxylation is 1. The van der Waals surface area contributed by atoms with Crippen molar-refractivity contribution in [2.24, 2.45) is 0 Å². The van der Waals surface area contributed by atoms with Crippen LogP contribution >= 0.6 is 0 Å². The van der Waals surface area contributed by atoms with Crippen molar-refractivity contribution in [3.05, 3.63) is 35.9 Å². The second-order valence-electron chi connectivity index (χ2n) is 3.86. The van der Waals surface area contributed by atoms with Crippen LogP contribution in [0.15, 0.2) is 29.0 Å². The van der Waals surface area contributed by atoms with Crippen molar-refractivity contribution >= 4 is 17.0 Å². The van der Waals surface area contributed by atoms with E-state index in [1.165, 1.54) is 12.5 Å². The van der Waals surface area contributed by atoms with Crippen LogP contribution in [0.5, 0.6) is 0 Å². The Kier molecular flexibility index (Phi) is 2.16. The number of para-hydroxylation sites is 1. The molecule has 3 aromatic rings. The van der Waals surface area contributed by atoms with Crippen LogP contribution in [0.25, 0.3) is 22.6 Å². The van der Waals surface area contributed by atoms with Crippen molar-refractivity contribution in [2.45, 2.75) is 6.92 Å². The number of oxazole rings is 1. The average Bonchev–Trinajstić information content (AvgIpc) is 2.92. The first-order chi connectivity index (χ1) is 8.66. The van der Waals surface area contributed by atoms with Crippen molar-refractivity contribution in [3.8, 4) is 11.6 Å². The normalized spacial score (nSPS) is 10.9. The van der Waals surface area contributed by atoms with Gasteiger partial charge in [0.25, 0.3) is 0 Å². The Balaban J connectivity index is 2.26. The third-order valence-electron chi connectivity index (χ3n) is 2.70. The summed E-state index contributed by atoms with van der Waals surface area (Å²) in [5, 5.41) is 9.09. The largest absolute Gasteiger partial charge is 0.478 e. The van der Waals surface area contributed by atoms with Gasteiger partial charge in [-0.1, -0.05) is 6.07 Å². The van der Waals surface area contributed by atoms with Crippen molar-refractivity contribution in [3.63, 3.8) is 0 Å². The SMILES string of the molecule is Cc1ncoc1-c1nc2c(C(=O)O)cccc2[nH]1. The smallest absolute Gasteiger partial charge is 0.337 e. The minimum Gasteiger partial charge on any atom is -0.478 e. The fourth-order valence-corrected chi connectivity index (χ4v) is 1.84. The number of imidazole rings is 1. The predicted molar refractivity (Wildman–Crippen MR) is 63.3 cm³/mol. The minimum absolute atomic E-state index is 0.159. The van der Waals surface area contributed by atoms with Gasteiger partial charge in [-0.2, -0.15) is 0 Å². The van der Waals surface area contributed by atoms with E-state index in [4.69, 9.17) is 9.52 Å². The topological polar surface area (TPSA) is 92.0 Å². The van der Waals surface area contributed by atoms with Gasteiger partial charge in [0.2, 0.25) is 0 Å². The molecule has 0 saturated carbocycles. The summed E-state index contributed by atoms with van der Waals surface area (Å²) >= 11 is 0. The minimum atomic E-state index is -1.01. The fourth-order valence-electron chi connectivity index (χ4n) is 1.84. The number of hydrogen-bond donors (Lipinski definition) is 2. The van der Waals surface area contributed by atoms with E-state index in [2.05, 4.69) is 15.0 Å². The van der Waals surface area contributed by atoms with E-state index < -0.39 is 5.97 Å². The molecule has 3 rings (SSSR count). The van der Waals surface area contributed by atoms with Gasteiger partial charge in [0.1, 0.15) is 5.52 Å². The van der Waals surface area contributed by atoms with Crippen LogP contribution in [-0.2, 0) is 0 Å². The number of carboxylic acid groups (broad SMARTS) is 1. The maximum Gasteiger partial charge on any atom is 0.337 e. The van der Waals surface area contributed by atoms with Crippen LogP contribution in [0, 0.1) is 6.92 Å². The van der Waals surface area contributed by atoms with E-state index in [0.29, 0.717) is 28.3 Å². The maximum atomic E-state index is 11.1. The summed E-state index contributed by atoms with van der Waals surface area (Å²) in [7, 11) is 0. The Labute approximate surface area is 101 Å². The monoisotopic (exact) mass is 243 g/mol. The van der Waals surface area contributed by atoms with Crippen molar-refractivity contribution in [1.29, 1.82) is 0 Å². The molecule has 18 heavy (non-hydrogen) atoms. The number of nitrogens with zero attached hydrogens (tertiary/aromatic N) is 2. The van der Waals surface area contributed by atoms with E-state index >= 15 is 0 Å². The first-order valence-corrected chi connectivity index (χ1v) is 5.29. The molecule has 0 aliphatic rings. The van der Waals surface area contributed by atoms with Gasteiger partial charge < -0.3 is 14.5 Å². The van der Waals surface area contributed by atoms with Crippen LogP contribution in [-0.4, -0.2) is 26.0 Å². The van der Waals surface area contributed by atoms with Gasteiger partial charge >= 0.3 is 5.97 Å². The molecule has 0 saturated heterocycles. The van der Waals surface area contributed by atoms with Crippen LogP contribution < -0.4 is 0 Å². The highest BCUT2D eigenvalue weighted by Gasteiger charge is 2.16. The van der Waals surface area contributed by atoms with E-state index in [9.17, 15) is 4.79 Å². The number of nitrogens with one attached hydrogen (secondary N) is 1.